The summed E-state index contributed by atoms with van der Waals surface area (Å²) in [5, 5.41) is 11.7. The minimum Gasteiger partial charge on any atom is -0.497 e. The molecule has 0 aliphatic carbocycles. The van der Waals surface area contributed by atoms with Gasteiger partial charge in [-0.2, -0.15) is 4.98 Å². The number of fused-ring (bicyclic) bond motifs is 1. The first-order valence-corrected chi connectivity index (χ1v) is 13.6. The molecule has 0 unspecified atom stereocenters. The summed E-state index contributed by atoms with van der Waals surface area (Å²) in [5.41, 5.74) is 4.34. The summed E-state index contributed by atoms with van der Waals surface area (Å²) in [6.07, 6.45) is 1.63. The van der Waals surface area contributed by atoms with Crippen LogP contribution in [0, 0.1) is 0 Å². The molecule has 11 nitrogen and oxygen atoms in total. The average Bonchev–Trinajstić information content (AvgIpc) is 3.26. The van der Waals surface area contributed by atoms with E-state index in [1.807, 2.05) is 66.0 Å². The molecule has 0 amide bonds. The van der Waals surface area contributed by atoms with Crippen molar-refractivity contribution in [1.29, 1.82) is 0 Å². The molecule has 0 saturated carbocycles. The molecular weight excluding hydrogens is 516 g/mol. The van der Waals surface area contributed by atoms with Crippen LogP contribution in [0.2, 0.25) is 0 Å². The monoisotopic (exact) mass is 544 g/mol. The predicted molar refractivity (Wildman–Crippen MR) is 152 cm³/mol. The van der Waals surface area contributed by atoms with Gasteiger partial charge < -0.3 is 24.8 Å². The Kier molecular flexibility index (Phi) is 7.05. The SMILES string of the molecule is COc1ccc(CNc2nc3cc(N(C)c4ccnc(Nc5cccc(S(N)(=O)=O)c5)n4)ccc3n2C)cc1. The van der Waals surface area contributed by atoms with Gasteiger partial charge in [0.1, 0.15) is 11.6 Å². The number of aromatic nitrogens is 4. The van der Waals surface area contributed by atoms with Crippen LogP contribution in [0.1, 0.15) is 5.56 Å². The summed E-state index contributed by atoms with van der Waals surface area (Å²) >= 11 is 0. The Labute approximate surface area is 226 Å². The van der Waals surface area contributed by atoms with Gasteiger partial charge in [-0.15, -0.1) is 0 Å². The molecule has 200 valence electrons. The van der Waals surface area contributed by atoms with E-state index in [1.54, 1.807) is 31.5 Å². The first-order valence-electron chi connectivity index (χ1n) is 12.0. The standard InChI is InChI=1S/C27H28N8O3S/c1-34(25-13-14-29-26(33-25)31-19-5-4-6-22(15-19)39(28,36)37)20-9-12-24-23(16-20)32-27(35(24)2)30-17-18-7-10-21(38-3)11-8-18/h4-16H,17H2,1-3H3,(H,30,32)(H2,28,36,37)(H,29,31,33). The van der Waals surface area contributed by atoms with E-state index in [4.69, 9.17) is 14.9 Å². The van der Waals surface area contributed by atoms with Crippen LogP contribution in [-0.4, -0.2) is 42.1 Å². The number of benzene rings is 3. The lowest BCUT2D eigenvalue weighted by molar-refractivity contribution is 0.414. The fourth-order valence-electron chi connectivity index (χ4n) is 4.09. The topological polar surface area (TPSA) is 140 Å². The highest BCUT2D eigenvalue weighted by Crippen LogP contribution is 2.28. The molecule has 5 aromatic rings. The Balaban J connectivity index is 1.33. The second kappa shape index (κ2) is 10.6. The van der Waals surface area contributed by atoms with Gasteiger partial charge in [-0.05, 0) is 60.2 Å². The Morgan fingerprint density at radius 3 is 2.56 bits per heavy atom. The first kappa shape index (κ1) is 25.9. The highest BCUT2D eigenvalue weighted by Gasteiger charge is 2.13. The summed E-state index contributed by atoms with van der Waals surface area (Å²) in [6, 6.07) is 21.9. The number of primary sulfonamides is 1. The number of imidazole rings is 1. The van der Waals surface area contributed by atoms with Crippen molar-refractivity contribution in [2.75, 3.05) is 29.7 Å². The van der Waals surface area contributed by atoms with Gasteiger partial charge in [0.05, 0.1) is 23.0 Å². The third-order valence-corrected chi connectivity index (χ3v) is 7.18. The van der Waals surface area contributed by atoms with Crippen LogP contribution in [0.15, 0.2) is 83.9 Å². The maximum Gasteiger partial charge on any atom is 0.238 e. The molecule has 2 heterocycles. The van der Waals surface area contributed by atoms with E-state index in [-0.39, 0.29) is 4.90 Å². The molecule has 0 saturated heterocycles. The molecule has 0 fully saturated rings. The molecule has 0 bridgehead atoms. The third-order valence-electron chi connectivity index (χ3n) is 6.26. The normalized spacial score (nSPS) is 11.4. The molecule has 5 rings (SSSR count). The number of hydrogen-bond donors (Lipinski definition) is 3. The molecule has 0 spiro atoms. The highest BCUT2D eigenvalue weighted by molar-refractivity contribution is 7.89. The molecule has 4 N–H and O–H groups in total. The lowest BCUT2D eigenvalue weighted by atomic mass is 10.2. The van der Waals surface area contributed by atoms with Crippen molar-refractivity contribution in [3.63, 3.8) is 0 Å². The second-order valence-corrected chi connectivity index (χ2v) is 10.4. The number of hydrogen-bond acceptors (Lipinski definition) is 9. The van der Waals surface area contributed by atoms with Gasteiger partial charge in [0.25, 0.3) is 0 Å². The largest absolute Gasteiger partial charge is 0.497 e. The van der Waals surface area contributed by atoms with Crippen molar-refractivity contribution in [1.82, 2.24) is 19.5 Å². The quantitative estimate of drug-likeness (QED) is 0.250. The number of nitrogens with zero attached hydrogens (tertiary/aromatic N) is 5. The summed E-state index contributed by atoms with van der Waals surface area (Å²) in [4.78, 5) is 15.6. The number of ether oxygens (including phenoxy) is 1. The molecule has 12 heteroatoms. The number of anilines is 5. The van der Waals surface area contributed by atoms with Crippen LogP contribution in [-0.2, 0) is 23.6 Å². The first-order chi connectivity index (χ1) is 18.7. The van der Waals surface area contributed by atoms with Crippen LogP contribution in [0.25, 0.3) is 11.0 Å². The molecule has 0 aliphatic heterocycles. The summed E-state index contributed by atoms with van der Waals surface area (Å²) in [6.45, 7) is 0.630. The average molecular weight is 545 g/mol. The zero-order valence-corrected chi connectivity index (χ0v) is 22.5. The molecule has 0 atom stereocenters. The molecular formula is C27H28N8O3S. The van der Waals surface area contributed by atoms with Gasteiger partial charge in [-0.1, -0.05) is 18.2 Å². The van der Waals surface area contributed by atoms with Crippen LogP contribution < -0.4 is 25.4 Å². The van der Waals surface area contributed by atoms with Crippen LogP contribution >= 0.6 is 0 Å². The van der Waals surface area contributed by atoms with Crippen LogP contribution in [0.5, 0.6) is 5.75 Å². The zero-order valence-electron chi connectivity index (χ0n) is 21.7. The summed E-state index contributed by atoms with van der Waals surface area (Å²) in [5.74, 6) is 2.54. The summed E-state index contributed by atoms with van der Waals surface area (Å²) < 4.78 is 30.6. The van der Waals surface area contributed by atoms with Crippen molar-refractivity contribution in [2.45, 2.75) is 11.4 Å². The Morgan fingerprint density at radius 2 is 1.82 bits per heavy atom. The van der Waals surface area contributed by atoms with E-state index in [1.165, 1.54) is 12.1 Å². The van der Waals surface area contributed by atoms with Crippen molar-refractivity contribution >= 4 is 50.1 Å². The number of rotatable bonds is 9. The minimum atomic E-state index is -3.82. The van der Waals surface area contributed by atoms with E-state index in [0.29, 0.717) is 24.0 Å². The van der Waals surface area contributed by atoms with Gasteiger partial charge in [-0.25, -0.2) is 23.5 Å². The Hall–Kier alpha value is -4.68. The van der Waals surface area contributed by atoms with Crippen molar-refractivity contribution in [3.8, 4) is 5.75 Å². The lowest BCUT2D eigenvalue weighted by Crippen LogP contribution is -2.13. The zero-order chi connectivity index (χ0) is 27.6. The fraction of sp³-hybridized carbons (Fsp3) is 0.148. The minimum absolute atomic E-state index is 0.00212. The molecule has 3 aromatic carbocycles. The third kappa shape index (κ3) is 5.76. The lowest BCUT2D eigenvalue weighted by Gasteiger charge is -2.19. The Morgan fingerprint density at radius 1 is 1.03 bits per heavy atom. The predicted octanol–water partition coefficient (Wildman–Crippen LogP) is 4.14. The van der Waals surface area contributed by atoms with E-state index in [0.717, 1.165) is 34.0 Å². The van der Waals surface area contributed by atoms with Gasteiger partial charge in [0.15, 0.2) is 0 Å². The molecule has 0 radical (unpaired) electrons. The van der Waals surface area contributed by atoms with E-state index < -0.39 is 10.0 Å². The number of nitrogens with one attached hydrogen (secondary N) is 2. The van der Waals surface area contributed by atoms with Crippen molar-refractivity contribution in [3.05, 3.63) is 84.6 Å². The highest BCUT2D eigenvalue weighted by atomic mass is 32.2. The van der Waals surface area contributed by atoms with Crippen molar-refractivity contribution < 1.29 is 13.2 Å². The van der Waals surface area contributed by atoms with E-state index >= 15 is 0 Å². The number of nitrogens with two attached hydrogens (primary N) is 1. The number of methoxy groups -OCH3 is 1. The van der Waals surface area contributed by atoms with Crippen LogP contribution in [0.3, 0.4) is 0 Å². The van der Waals surface area contributed by atoms with Gasteiger partial charge >= 0.3 is 0 Å². The number of aryl methyl sites for hydroxylation is 1. The number of sulfonamides is 1. The molecule has 0 aliphatic rings. The van der Waals surface area contributed by atoms with Gasteiger partial charge in [-0.3, -0.25) is 0 Å². The maximum absolute atomic E-state index is 11.7. The van der Waals surface area contributed by atoms with E-state index in [2.05, 4.69) is 20.6 Å². The van der Waals surface area contributed by atoms with Crippen molar-refractivity contribution in [2.24, 2.45) is 12.2 Å². The Bertz CT molecular complexity index is 1740. The van der Waals surface area contributed by atoms with Gasteiger partial charge in [0.2, 0.25) is 21.9 Å². The van der Waals surface area contributed by atoms with Crippen LogP contribution in [0.4, 0.5) is 29.1 Å². The summed E-state index contributed by atoms with van der Waals surface area (Å²) in [7, 11) is 1.71. The van der Waals surface area contributed by atoms with E-state index in [9.17, 15) is 8.42 Å². The second-order valence-electron chi connectivity index (χ2n) is 8.86. The van der Waals surface area contributed by atoms with Gasteiger partial charge in [0, 0.05) is 38.2 Å². The molecule has 2 aromatic heterocycles. The fourth-order valence-corrected chi connectivity index (χ4v) is 4.65. The smallest absolute Gasteiger partial charge is 0.238 e. The maximum atomic E-state index is 11.7. The molecule has 39 heavy (non-hydrogen) atoms.